The van der Waals surface area contributed by atoms with E-state index in [1.54, 1.807) is 43.5 Å². The second-order valence-corrected chi connectivity index (χ2v) is 7.66. The Morgan fingerprint density at radius 2 is 2.07 bits per heavy atom. The first kappa shape index (κ1) is 20.2. The highest BCUT2D eigenvalue weighted by Crippen LogP contribution is 2.36. The number of anilines is 1. The SMILES string of the molecule is COc1ccc(Cl)cc1-c1ccc2c(c1)C(=O)N1CC(NC(=O)CO)CC1C(=O)N2. The molecule has 1 fully saturated rings. The number of benzene rings is 2. The molecule has 9 heteroatoms. The molecule has 4 rings (SSSR count). The van der Waals surface area contributed by atoms with Crippen molar-refractivity contribution < 1.29 is 24.2 Å². The molecule has 2 atom stereocenters. The average Bonchev–Trinajstić information content (AvgIpc) is 3.13. The molecule has 0 aliphatic carbocycles. The highest BCUT2D eigenvalue weighted by atomic mass is 35.5. The maximum Gasteiger partial charge on any atom is 0.256 e. The number of aliphatic hydroxyl groups is 1. The van der Waals surface area contributed by atoms with Gasteiger partial charge in [-0.1, -0.05) is 17.7 Å². The van der Waals surface area contributed by atoms with Gasteiger partial charge in [-0.2, -0.15) is 0 Å². The summed E-state index contributed by atoms with van der Waals surface area (Å²) in [5.74, 6) is -0.551. The standard InChI is InChI=1S/C21H20ClN3O5/c1-30-18-5-3-12(22)7-14(18)11-2-4-16-15(6-11)21(29)25-9-13(23-19(27)10-26)8-17(25)20(28)24-16/h2-7,13,17,26H,8-10H2,1H3,(H,23,27)(H,24,28). The van der Waals surface area contributed by atoms with E-state index in [1.165, 1.54) is 4.90 Å². The van der Waals surface area contributed by atoms with E-state index in [2.05, 4.69) is 10.6 Å². The van der Waals surface area contributed by atoms with E-state index < -0.39 is 24.6 Å². The smallest absolute Gasteiger partial charge is 0.256 e. The number of nitrogens with one attached hydrogen (secondary N) is 2. The molecule has 2 aliphatic heterocycles. The van der Waals surface area contributed by atoms with Crippen LogP contribution in [0.25, 0.3) is 11.1 Å². The molecule has 0 aromatic heterocycles. The van der Waals surface area contributed by atoms with Crippen LogP contribution in [-0.2, 0) is 9.59 Å². The van der Waals surface area contributed by atoms with Gasteiger partial charge in [0.15, 0.2) is 0 Å². The molecule has 2 heterocycles. The van der Waals surface area contributed by atoms with Crippen LogP contribution in [0.2, 0.25) is 5.02 Å². The minimum atomic E-state index is -0.696. The minimum Gasteiger partial charge on any atom is -0.496 e. The predicted molar refractivity (Wildman–Crippen MR) is 111 cm³/mol. The highest BCUT2D eigenvalue weighted by Gasteiger charge is 2.43. The van der Waals surface area contributed by atoms with Crippen LogP contribution in [0, 0.1) is 0 Å². The van der Waals surface area contributed by atoms with Gasteiger partial charge in [-0.3, -0.25) is 14.4 Å². The number of nitrogens with zero attached hydrogens (tertiary/aromatic N) is 1. The summed E-state index contributed by atoms with van der Waals surface area (Å²) >= 11 is 6.14. The number of fused-ring (bicyclic) bond motifs is 2. The van der Waals surface area contributed by atoms with Crippen LogP contribution < -0.4 is 15.4 Å². The normalized spacial score (nSPS) is 20.2. The number of amides is 3. The summed E-state index contributed by atoms with van der Waals surface area (Å²) in [7, 11) is 1.55. The molecule has 30 heavy (non-hydrogen) atoms. The number of hydrogen-bond donors (Lipinski definition) is 3. The van der Waals surface area contributed by atoms with Gasteiger partial charge in [0.25, 0.3) is 5.91 Å². The van der Waals surface area contributed by atoms with Gasteiger partial charge in [0, 0.05) is 23.2 Å². The Morgan fingerprint density at radius 1 is 1.27 bits per heavy atom. The molecular weight excluding hydrogens is 410 g/mol. The number of rotatable bonds is 4. The summed E-state index contributed by atoms with van der Waals surface area (Å²) < 4.78 is 5.41. The summed E-state index contributed by atoms with van der Waals surface area (Å²) in [6.07, 6.45) is 0.284. The predicted octanol–water partition coefficient (Wildman–Crippen LogP) is 1.66. The molecule has 3 N–H and O–H groups in total. The third kappa shape index (κ3) is 3.59. The maximum absolute atomic E-state index is 13.3. The Labute approximate surface area is 177 Å². The van der Waals surface area contributed by atoms with Crippen molar-refractivity contribution in [1.29, 1.82) is 0 Å². The molecular formula is C21H20ClN3O5. The Bertz CT molecular complexity index is 1040. The number of aliphatic hydroxyl groups excluding tert-OH is 1. The molecule has 8 nitrogen and oxygen atoms in total. The number of carbonyl (C=O) groups is 3. The second-order valence-electron chi connectivity index (χ2n) is 7.23. The van der Waals surface area contributed by atoms with Crippen molar-refractivity contribution in [3.8, 4) is 16.9 Å². The summed E-state index contributed by atoms with van der Waals surface area (Å²) in [4.78, 5) is 38.9. The van der Waals surface area contributed by atoms with E-state index in [4.69, 9.17) is 21.4 Å². The van der Waals surface area contributed by atoms with E-state index in [0.717, 1.165) is 11.1 Å². The highest BCUT2D eigenvalue weighted by molar-refractivity contribution is 6.31. The molecule has 156 valence electrons. The van der Waals surface area contributed by atoms with Gasteiger partial charge in [0.05, 0.1) is 18.4 Å². The first-order chi connectivity index (χ1) is 14.4. The zero-order valence-electron chi connectivity index (χ0n) is 16.1. The first-order valence-electron chi connectivity index (χ1n) is 9.41. The number of hydrogen-bond acceptors (Lipinski definition) is 5. The van der Waals surface area contributed by atoms with Crippen LogP contribution in [0.5, 0.6) is 5.75 Å². The molecule has 2 aromatic carbocycles. The Hall–Kier alpha value is -3.10. The van der Waals surface area contributed by atoms with Crippen LogP contribution in [0.3, 0.4) is 0 Å². The Kier molecular flexibility index (Phi) is 5.36. The molecule has 0 spiro atoms. The number of methoxy groups -OCH3 is 1. The van der Waals surface area contributed by atoms with Gasteiger partial charge >= 0.3 is 0 Å². The van der Waals surface area contributed by atoms with Crippen molar-refractivity contribution in [3.05, 3.63) is 47.0 Å². The molecule has 0 bridgehead atoms. The van der Waals surface area contributed by atoms with Gasteiger partial charge in [0.1, 0.15) is 18.4 Å². The number of halogens is 1. The molecule has 0 saturated carbocycles. The van der Waals surface area contributed by atoms with E-state index in [9.17, 15) is 14.4 Å². The van der Waals surface area contributed by atoms with Crippen LogP contribution in [0.1, 0.15) is 16.8 Å². The summed E-state index contributed by atoms with van der Waals surface area (Å²) in [5.41, 5.74) is 2.22. The maximum atomic E-state index is 13.3. The quantitative estimate of drug-likeness (QED) is 0.685. The van der Waals surface area contributed by atoms with Crippen molar-refractivity contribution in [2.24, 2.45) is 0 Å². The lowest BCUT2D eigenvalue weighted by Crippen LogP contribution is -2.41. The summed E-state index contributed by atoms with van der Waals surface area (Å²) in [6, 6.07) is 9.30. The summed E-state index contributed by atoms with van der Waals surface area (Å²) in [5, 5.41) is 14.9. The van der Waals surface area contributed by atoms with Crippen molar-refractivity contribution in [3.63, 3.8) is 0 Å². The minimum absolute atomic E-state index is 0.187. The third-order valence-electron chi connectivity index (χ3n) is 5.35. The van der Waals surface area contributed by atoms with E-state index in [1.807, 2.05) is 0 Å². The zero-order valence-corrected chi connectivity index (χ0v) is 16.9. The Morgan fingerprint density at radius 3 is 2.80 bits per heavy atom. The lowest BCUT2D eigenvalue weighted by atomic mass is 10.0. The first-order valence-corrected chi connectivity index (χ1v) is 9.79. The molecule has 1 saturated heterocycles. The van der Waals surface area contributed by atoms with E-state index in [-0.39, 0.29) is 24.8 Å². The van der Waals surface area contributed by atoms with Crippen LogP contribution >= 0.6 is 11.6 Å². The third-order valence-corrected chi connectivity index (χ3v) is 5.59. The second kappa shape index (κ2) is 7.97. The molecule has 0 radical (unpaired) electrons. The molecule has 3 amide bonds. The van der Waals surface area contributed by atoms with Gasteiger partial charge in [-0.25, -0.2) is 0 Å². The zero-order chi connectivity index (χ0) is 21.4. The van der Waals surface area contributed by atoms with Crippen molar-refractivity contribution >= 4 is 35.0 Å². The average molecular weight is 430 g/mol. The largest absolute Gasteiger partial charge is 0.496 e. The van der Waals surface area contributed by atoms with Crippen molar-refractivity contribution in [1.82, 2.24) is 10.2 Å². The molecule has 2 aromatic rings. The fraction of sp³-hybridized carbons (Fsp3) is 0.286. The summed E-state index contributed by atoms with van der Waals surface area (Å²) in [6.45, 7) is -0.457. The fourth-order valence-electron chi connectivity index (χ4n) is 3.96. The van der Waals surface area contributed by atoms with Gasteiger partial charge in [-0.15, -0.1) is 0 Å². The molecule has 2 unspecified atom stereocenters. The van der Waals surface area contributed by atoms with Gasteiger partial charge in [0.2, 0.25) is 11.8 Å². The number of carbonyl (C=O) groups excluding carboxylic acids is 3. The van der Waals surface area contributed by atoms with Gasteiger partial charge in [-0.05, 0) is 42.3 Å². The van der Waals surface area contributed by atoms with Crippen LogP contribution in [-0.4, -0.2) is 60.1 Å². The van der Waals surface area contributed by atoms with E-state index in [0.29, 0.717) is 22.0 Å². The van der Waals surface area contributed by atoms with Crippen LogP contribution in [0.15, 0.2) is 36.4 Å². The lowest BCUT2D eigenvalue weighted by Gasteiger charge is -2.20. The van der Waals surface area contributed by atoms with Crippen LogP contribution in [0.4, 0.5) is 5.69 Å². The molecule has 2 aliphatic rings. The van der Waals surface area contributed by atoms with Crippen molar-refractivity contribution in [2.45, 2.75) is 18.5 Å². The monoisotopic (exact) mass is 429 g/mol. The number of ether oxygens (including phenoxy) is 1. The van der Waals surface area contributed by atoms with E-state index >= 15 is 0 Å². The lowest BCUT2D eigenvalue weighted by molar-refractivity contribution is -0.124. The topological polar surface area (TPSA) is 108 Å². The van der Waals surface area contributed by atoms with Gasteiger partial charge < -0.3 is 25.4 Å². The Balaban J connectivity index is 1.70. The van der Waals surface area contributed by atoms with Crippen molar-refractivity contribution in [2.75, 3.05) is 25.6 Å². The fourth-order valence-corrected chi connectivity index (χ4v) is 4.13.